The molecule has 21 heavy (non-hydrogen) atoms. The molecule has 1 atom stereocenters. The van der Waals surface area contributed by atoms with Crippen LogP contribution in [0.2, 0.25) is 0 Å². The summed E-state index contributed by atoms with van der Waals surface area (Å²) in [5, 5.41) is 1.00. The van der Waals surface area contributed by atoms with E-state index < -0.39 is 0 Å². The normalized spacial score (nSPS) is 13.5. The quantitative estimate of drug-likeness (QED) is 0.798. The summed E-state index contributed by atoms with van der Waals surface area (Å²) in [4.78, 5) is 8.26. The first kappa shape index (κ1) is 18.4. The maximum absolute atomic E-state index is 5.90. The van der Waals surface area contributed by atoms with Gasteiger partial charge in [0.05, 0.1) is 24.9 Å². The molecule has 1 unspecified atom stereocenters. The Morgan fingerprint density at radius 2 is 1.95 bits per heavy atom. The lowest BCUT2D eigenvalue weighted by Gasteiger charge is -2.28. The minimum Gasteiger partial charge on any atom is -0.383 e. The number of nitrogens with zero attached hydrogens (tertiary/aromatic N) is 2. The van der Waals surface area contributed by atoms with E-state index in [0.29, 0.717) is 19.8 Å². The molecule has 0 aliphatic heterocycles. The molecule has 0 aromatic carbocycles. The number of methoxy groups -OCH3 is 2. The third-order valence-electron chi connectivity index (χ3n) is 3.30. The molecule has 1 aromatic heterocycles. The highest BCUT2D eigenvalue weighted by Crippen LogP contribution is 2.34. The molecule has 6 heteroatoms. The zero-order chi connectivity index (χ0) is 16.0. The minimum atomic E-state index is 0.000867. The predicted molar refractivity (Wildman–Crippen MR) is 89.3 cm³/mol. The van der Waals surface area contributed by atoms with Gasteiger partial charge in [-0.1, -0.05) is 20.8 Å². The molecule has 122 valence electrons. The third-order valence-corrected chi connectivity index (χ3v) is 4.42. The maximum Gasteiger partial charge on any atom is 0.186 e. The summed E-state index contributed by atoms with van der Waals surface area (Å²) in [5.41, 5.74) is 6.99. The van der Waals surface area contributed by atoms with Gasteiger partial charge in [0.2, 0.25) is 0 Å². The van der Waals surface area contributed by atoms with Crippen molar-refractivity contribution in [1.29, 1.82) is 0 Å². The topological polar surface area (TPSA) is 60.6 Å². The van der Waals surface area contributed by atoms with Gasteiger partial charge in [0.15, 0.2) is 5.13 Å². The number of ether oxygens (including phenoxy) is 2. The van der Waals surface area contributed by atoms with E-state index in [1.54, 1.807) is 25.6 Å². The average molecular weight is 315 g/mol. The molecule has 2 N–H and O–H groups in total. The predicted octanol–water partition coefficient (Wildman–Crippen LogP) is 2.39. The van der Waals surface area contributed by atoms with E-state index in [0.717, 1.165) is 22.2 Å². The van der Waals surface area contributed by atoms with Crippen molar-refractivity contribution < 1.29 is 9.47 Å². The van der Waals surface area contributed by atoms with E-state index in [2.05, 4.69) is 32.6 Å². The molecule has 1 heterocycles. The fourth-order valence-corrected chi connectivity index (χ4v) is 3.49. The highest BCUT2D eigenvalue weighted by atomic mass is 32.1. The SMILES string of the molecule is COCCN(c1nc(C(C)(C)C)c(CN)s1)C(C)COC. The molecule has 0 saturated heterocycles. The van der Waals surface area contributed by atoms with Gasteiger partial charge in [-0.25, -0.2) is 4.98 Å². The Balaban J connectivity index is 3.09. The molecular formula is C15H29N3O2S. The van der Waals surface area contributed by atoms with E-state index in [1.807, 2.05) is 0 Å². The van der Waals surface area contributed by atoms with Gasteiger partial charge in [-0.05, 0) is 6.92 Å². The monoisotopic (exact) mass is 315 g/mol. The summed E-state index contributed by atoms with van der Waals surface area (Å²) in [5.74, 6) is 0. The van der Waals surface area contributed by atoms with E-state index in [1.165, 1.54) is 0 Å². The van der Waals surface area contributed by atoms with Crippen molar-refractivity contribution in [3.05, 3.63) is 10.6 Å². The molecule has 0 radical (unpaired) electrons. The van der Waals surface area contributed by atoms with Crippen molar-refractivity contribution in [2.75, 3.05) is 38.9 Å². The summed E-state index contributed by atoms with van der Waals surface area (Å²) in [6.07, 6.45) is 0. The first-order valence-electron chi connectivity index (χ1n) is 7.29. The third kappa shape index (κ3) is 4.92. The lowest BCUT2D eigenvalue weighted by molar-refractivity contribution is 0.171. The van der Waals surface area contributed by atoms with Crippen LogP contribution in [0.1, 0.15) is 38.3 Å². The fourth-order valence-electron chi connectivity index (χ4n) is 2.21. The van der Waals surface area contributed by atoms with Crippen molar-refractivity contribution >= 4 is 16.5 Å². The van der Waals surface area contributed by atoms with Gasteiger partial charge in [-0.3, -0.25) is 0 Å². The van der Waals surface area contributed by atoms with Crippen molar-refractivity contribution in [2.24, 2.45) is 5.73 Å². The molecular weight excluding hydrogens is 286 g/mol. The van der Waals surface area contributed by atoms with Crippen LogP contribution in [0.25, 0.3) is 0 Å². The standard InChI is InChI=1S/C15H29N3O2S/c1-11(10-20-6)18(7-8-19-5)14-17-13(15(2,3)4)12(9-16)21-14/h11H,7-10,16H2,1-6H3. The molecule has 0 aliphatic rings. The van der Waals surface area contributed by atoms with Crippen molar-refractivity contribution in [3.8, 4) is 0 Å². The van der Waals surface area contributed by atoms with Crippen LogP contribution in [0.4, 0.5) is 5.13 Å². The number of hydrogen-bond acceptors (Lipinski definition) is 6. The summed E-state index contributed by atoms with van der Waals surface area (Å²) in [6.45, 7) is 11.3. The highest BCUT2D eigenvalue weighted by molar-refractivity contribution is 7.15. The maximum atomic E-state index is 5.90. The summed E-state index contributed by atoms with van der Waals surface area (Å²) >= 11 is 1.68. The summed E-state index contributed by atoms with van der Waals surface area (Å²) in [6, 6.07) is 0.245. The second-order valence-corrected chi connectivity index (χ2v) is 7.27. The number of thiazole rings is 1. The van der Waals surface area contributed by atoms with Crippen LogP contribution >= 0.6 is 11.3 Å². The molecule has 5 nitrogen and oxygen atoms in total. The molecule has 0 saturated carbocycles. The number of anilines is 1. The van der Waals surface area contributed by atoms with Gasteiger partial charge in [-0.2, -0.15) is 0 Å². The summed E-state index contributed by atoms with van der Waals surface area (Å²) in [7, 11) is 3.44. The van der Waals surface area contributed by atoms with E-state index in [4.69, 9.17) is 20.2 Å². The van der Waals surface area contributed by atoms with Crippen molar-refractivity contribution in [1.82, 2.24) is 4.98 Å². The largest absolute Gasteiger partial charge is 0.383 e. The van der Waals surface area contributed by atoms with Gasteiger partial charge in [0.25, 0.3) is 0 Å². The van der Waals surface area contributed by atoms with E-state index in [9.17, 15) is 0 Å². The van der Waals surface area contributed by atoms with Gasteiger partial charge < -0.3 is 20.1 Å². The average Bonchev–Trinajstić information content (AvgIpc) is 2.83. The molecule has 0 amide bonds. The zero-order valence-electron chi connectivity index (χ0n) is 14.1. The van der Waals surface area contributed by atoms with Gasteiger partial charge in [0.1, 0.15) is 0 Å². The van der Waals surface area contributed by atoms with Crippen LogP contribution in [-0.4, -0.2) is 45.0 Å². The Bertz CT molecular complexity index is 429. The lowest BCUT2D eigenvalue weighted by atomic mass is 9.91. The number of hydrogen-bond donors (Lipinski definition) is 1. The first-order chi connectivity index (χ1) is 9.85. The Hall–Kier alpha value is -0.690. The van der Waals surface area contributed by atoms with E-state index in [-0.39, 0.29) is 11.5 Å². The lowest BCUT2D eigenvalue weighted by Crippen LogP contribution is -2.38. The molecule has 1 aromatic rings. The smallest absolute Gasteiger partial charge is 0.186 e. The first-order valence-corrected chi connectivity index (χ1v) is 8.11. The zero-order valence-corrected chi connectivity index (χ0v) is 14.9. The van der Waals surface area contributed by atoms with Crippen LogP contribution in [0.5, 0.6) is 0 Å². The Morgan fingerprint density at radius 1 is 1.29 bits per heavy atom. The van der Waals surface area contributed by atoms with Gasteiger partial charge >= 0.3 is 0 Å². The van der Waals surface area contributed by atoms with E-state index >= 15 is 0 Å². The van der Waals surface area contributed by atoms with Crippen LogP contribution in [0, 0.1) is 0 Å². The molecule has 0 bridgehead atoms. The molecule has 0 aliphatic carbocycles. The fraction of sp³-hybridized carbons (Fsp3) is 0.800. The molecule has 1 rings (SSSR count). The van der Waals surface area contributed by atoms with Crippen LogP contribution in [0.15, 0.2) is 0 Å². The van der Waals surface area contributed by atoms with Gasteiger partial charge in [-0.15, -0.1) is 11.3 Å². The van der Waals surface area contributed by atoms with Crippen molar-refractivity contribution in [3.63, 3.8) is 0 Å². The van der Waals surface area contributed by atoms with Crippen LogP contribution in [-0.2, 0) is 21.4 Å². The number of aromatic nitrogens is 1. The second-order valence-electron chi connectivity index (χ2n) is 6.21. The number of nitrogens with two attached hydrogens (primary N) is 1. The van der Waals surface area contributed by atoms with Crippen molar-refractivity contribution in [2.45, 2.75) is 45.7 Å². The highest BCUT2D eigenvalue weighted by Gasteiger charge is 2.26. The Morgan fingerprint density at radius 3 is 2.38 bits per heavy atom. The van der Waals surface area contributed by atoms with Crippen LogP contribution in [0.3, 0.4) is 0 Å². The minimum absolute atomic E-state index is 0.000867. The molecule has 0 spiro atoms. The Labute approximate surface area is 132 Å². The Kier molecular flexibility index (Phi) is 7.06. The molecule has 0 fully saturated rings. The van der Waals surface area contributed by atoms with Gasteiger partial charge in [0, 0.05) is 37.6 Å². The van der Waals surface area contributed by atoms with Crippen LogP contribution < -0.4 is 10.6 Å². The second kappa shape index (κ2) is 8.08. The number of rotatable bonds is 8. The summed E-state index contributed by atoms with van der Waals surface area (Å²) < 4.78 is 10.5.